The lowest BCUT2D eigenvalue weighted by atomic mass is 10.2. The second-order valence-electron chi connectivity index (χ2n) is 6.07. The number of halogens is 2. The third-order valence-corrected chi connectivity index (χ3v) is 4.25. The Morgan fingerprint density at radius 1 is 1.14 bits per heavy atom. The number of hydrogen-bond acceptors (Lipinski definition) is 4. The molecule has 0 bridgehead atoms. The van der Waals surface area contributed by atoms with Gasteiger partial charge in [-0.3, -0.25) is 14.2 Å². The van der Waals surface area contributed by atoms with Gasteiger partial charge in [0, 0.05) is 18.6 Å². The SMILES string of the molecule is O=C(Nc1nn(Cc2ccc(F)cc2)cc1Cl)c1ccc(Cn2cccn2)o1. The van der Waals surface area contributed by atoms with Gasteiger partial charge in [-0.15, -0.1) is 0 Å². The summed E-state index contributed by atoms with van der Waals surface area (Å²) in [7, 11) is 0. The third kappa shape index (κ3) is 4.12. The minimum Gasteiger partial charge on any atom is -0.454 e. The molecule has 0 aliphatic rings. The molecule has 142 valence electrons. The van der Waals surface area contributed by atoms with Crippen molar-refractivity contribution in [3.05, 3.63) is 89.0 Å². The van der Waals surface area contributed by atoms with Crippen molar-refractivity contribution in [2.75, 3.05) is 5.32 Å². The fourth-order valence-electron chi connectivity index (χ4n) is 2.65. The molecule has 4 rings (SSSR count). The molecule has 7 nitrogen and oxygen atoms in total. The Hall–Kier alpha value is -3.39. The van der Waals surface area contributed by atoms with Gasteiger partial charge in [-0.05, 0) is 35.9 Å². The highest BCUT2D eigenvalue weighted by atomic mass is 35.5. The van der Waals surface area contributed by atoms with Crippen LogP contribution in [-0.2, 0) is 13.1 Å². The minimum absolute atomic E-state index is 0.145. The van der Waals surface area contributed by atoms with Crippen LogP contribution < -0.4 is 5.32 Å². The van der Waals surface area contributed by atoms with Crippen LogP contribution in [-0.4, -0.2) is 25.5 Å². The summed E-state index contributed by atoms with van der Waals surface area (Å²) in [6.07, 6.45) is 5.06. The number of aromatic nitrogens is 4. The molecule has 28 heavy (non-hydrogen) atoms. The van der Waals surface area contributed by atoms with Gasteiger partial charge in [0.15, 0.2) is 11.6 Å². The van der Waals surface area contributed by atoms with Crippen LogP contribution in [0.1, 0.15) is 21.9 Å². The van der Waals surface area contributed by atoms with Crippen molar-refractivity contribution in [3.63, 3.8) is 0 Å². The van der Waals surface area contributed by atoms with E-state index in [-0.39, 0.29) is 17.4 Å². The van der Waals surface area contributed by atoms with Crippen LogP contribution in [0.2, 0.25) is 5.02 Å². The molecular formula is C19H15ClFN5O2. The zero-order valence-electron chi connectivity index (χ0n) is 14.5. The van der Waals surface area contributed by atoms with Crippen LogP contribution in [0.15, 0.2) is 65.5 Å². The first kappa shape index (κ1) is 18.0. The Labute approximate surface area is 164 Å². The Morgan fingerprint density at radius 3 is 2.71 bits per heavy atom. The maximum Gasteiger partial charge on any atom is 0.292 e. The van der Waals surface area contributed by atoms with Crippen LogP contribution >= 0.6 is 11.6 Å². The summed E-state index contributed by atoms with van der Waals surface area (Å²) in [5, 5.41) is 11.3. The molecule has 0 unspecified atom stereocenters. The predicted molar refractivity (Wildman–Crippen MR) is 101 cm³/mol. The number of benzene rings is 1. The van der Waals surface area contributed by atoms with Crippen LogP contribution in [0.25, 0.3) is 0 Å². The molecule has 0 saturated carbocycles. The number of nitrogens with zero attached hydrogens (tertiary/aromatic N) is 4. The summed E-state index contributed by atoms with van der Waals surface area (Å²) >= 11 is 6.17. The number of anilines is 1. The van der Waals surface area contributed by atoms with Gasteiger partial charge >= 0.3 is 0 Å². The molecular weight excluding hydrogens is 385 g/mol. The average Bonchev–Trinajstić information content (AvgIpc) is 3.41. The monoisotopic (exact) mass is 399 g/mol. The first-order chi connectivity index (χ1) is 13.6. The molecule has 0 spiro atoms. The fourth-order valence-corrected chi connectivity index (χ4v) is 2.85. The maximum absolute atomic E-state index is 13.0. The second kappa shape index (κ2) is 7.69. The number of amides is 1. The molecule has 0 aliphatic heterocycles. The van der Waals surface area contributed by atoms with E-state index in [2.05, 4.69) is 15.5 Å². The summed E-state index contributed by atoms with van der Waals surface area (Å²) in [4.78, 5) is 12.4. The summed E-state index contributed by atoms with van der Waals surface area (Å²) in [6.45, 7) is 0.817. The Balaban J connectivity index is 1.42. The van der Waals surface area contributed by atoms with Crippen molar-refractivity contribution in [1.82, 2.24) is 19.6 Å². The largest absolute Gasteiger partial charge is 0.454 e. The molecule has 0 aliphatic carbocycles. The average molecular weight is 400 g/mol. The minimum atomic E-state index is -0.458. The van der Waals surface area contributed by atoms with Crippen molar-refractivity contribution in [3.8, 4) is 0 Å². The molecule has 0 atom stereocenters. The molecule has 4 aromatic rings. The molecule has 3 aromatic heterocycles. The Kier molecular flexibility index (Phi) is 4.94. The van der Waals surface area contributed by atoms with Crippen LogP contribution in [0.5, 0.6) is 0 Å². The zero-order valence-corrected chi connectivity index (χ0v) is 15.3. The number of hydrogen-bond donors (Lipinski definition) is 1. The lowest BCUT2D eigenvalue weighted by molar-refractivity contribution is 0.0994. The summed E-state index contributed by atoms with van der Waals surface area (Å²) in [6, 6.07) is 11.2. The lowest BCUT2D eigenvalue weighted by Gasteiger charge is -2.02. The van der Waals surface area contributed by atoms with Crippen molar-refractivity contribution < 1.29 is 13.6 Å². The van der Waals surface area contributed by atoms with Crippen molar-refractivity contribution in [1.29, 1.82) is 0 Å². The van der Waals surface area contributed by atoms with Gasteiger partial charge in [-0.25, -0.2) is 4.39 Å². The van der Waals surface area contributed by atoms with Gasteiger partial charge in [0.25, 0.3) is 5.91 Å². The number of carbonyl (C=O) groups is 1. The van der Waals surface area contributed by atoms with Crippen LogP contribution in [0.3, 0.4) is 0 Å². The van der Waals surface area contributed by atoms with E-state index in [0.29, 0.717) is 23.9 Å². The van der Waals surface area contributed by atoms with E-state index in [1.165, 1.54) is 12.1 Å². The van der Waals surface area contributed by atoms with Crippen molar-refractivity contribution in [2.24, 2.45) is 0 Å². The molecule has 1 N–H and O–H groups in total. The van der Waals surface area contributed by atoms with E-state index in [1.807, 2.05) is 0 Å². The van der Waals surface area contributed by atoms with E-state index >= 15 is 0 Å². The van der Waals surface area contributed by atoms with E-state index in [1.54, 1.807) is 58.3 Å². The quantitative estimate of drug-likeness (QED) is 0.534. The summed E-state index contributed by atoms with van der Waals surface area (Å²) in [5.41, 5.74) is 0.854. The standard InChI is InChI=1S/C19H15ClFN5O2/c20-16-12-26(10-13-2-4-14(21)5-3-13)24-18(16)23-19(27)17-7-6-15(28-17)11-25-9-1-8-22-25/h1-9,12H,10-11H2,(H,23,24,27). The number of rotatable bonds is 6. The predicted octanol–water partition coefficient (Wildman–Crippen LogP) is 3.81. The van der Waals surface area contributed by atoms with E-state index in [4.69, 9.17) is 16.0 Å². The van der Waals surface area contributed by atoms with E-state index in [0.717, 1.165) is 5.56 Å². The van der Waals surface area contributed by atoms with Crippen LogP contribution in [0.4, 0.5) is 10.2 Å². The van der Waals surface area contributed by atoms with Gasteiger partial charge in [-0.2, -0.15) is 10.2 Å². The highest BCUT2D eigenvalue weighted by Crippen LogP contribution is 2.21. The topological polar surface area (TPSA) is 77.9 Å². The molecule has 1 amide bonds. The normalized spacial score (nSPS) is 10.9. The third-order valence-electron chi connectivity index (χ3n) is 3.97. The molecule has 0 saturated heterocycles. The second-order valence-corrected chi connectivity index (χ2v) is 6.48. The van der Waals surface area contributed by atoms with Gasteiger partial charge < -0.3 is 9.73 Å². The van der Waals surface area contributed by atoms with Gasteiger partial charge in [0.2, 0.25) is 0 Å². The van der Waals surface area contributed by atoms with Crippen LogP contribution in [0, 0.1) is 5.82 Å². The van der Waals surface area contributed by atoms with Gasteiger partial charge in [0.1, 0.15) is 16.6 Å². The number of carbonyl (C=O) groups excluding carboxylic acids is 1. The fraction of sp³-hybridized carbons (Fsp3) is 0.105. The molecule has 9 heteroatoms. The first-order valence-corrected chi connectivity index (χ1v) is 8.79. The number of nitrogens with one attached hydrogen (secondary N) is 1. The zero-order chi connectivity index (χ0) is 19.5. The lowest BCUT2D eigenvalue weighted by Crippen LogP contribution is -2.12. The molecule has 3 heterocycles. The first-order valence-electron chi connectivity index (χ1n) is 8.42. The molecule has 1 aromatic carbocycles. The highest BCUT2D eigenvalue weighted by Gasteiger charge is 2.16. The molecule has 0 radical (unpaired) electrons. The summed E-state index contributed by atoms with van der Waals surface area (Å²) in [5.74, 6) is 0.202. The highest BCUT2D eigenvalue weighted by molar-refractivity contribution is 6.33. The van der Waals surface area contributed by atoms with E-state index in [9.17, 15) is 9.18 Å². The maximum atomic E-state index is 13.0. The van der Waals surface area contributed by atoms with E-state index < -0.39 is 5.91 Å². The van der Waals surface area contributed by atoms with Gasteiger partial charge in [-0.1, -0.05) is 23.7 Å². The summed E-state index contributed by atoms with van der Waals surface area (Å²) < 4.78 is 21.8. The number of furan rings is 1. The van der Waals surface area contributed by atoms with Crippen molar-refractivity contribution >= 4 is 23.3 Å². The Morgan fingerprint density at radius 2 is 1.96 bits per heavy atom. The van der Waals surface area contributed by atoms with Gasteiger partial charge in [0.05, 0.1) is 13.1 Å². The van der Waals surface area contributed by atoms with Crippen molar-refractivity contribution in [2.45, 2.75) is 13.1 Å². The smallest absolute Gasteiger partial charge is 0.292 e. The Bertz CT molecular complexity index is 1090. The molecule has 0 fully saturated rings.